The topological polar surface area (TPSA) is 70.0 Å². The van der Waals surface area contributed by atoms with Gasteiger partial charge < -0.3 is 10.9 Å². The van der Waals surface area contributed by atoms with E-state index in [1.807, 2.05) is 20.8 Å². The van der Waals surface area contributed by atoms with E-state index in [2.05, 4.69) is 0 Å². The predicted octanol–water partition coefficient (Wildman–Crippen LogP) is 0.935. The van der Waals surface area contributed by atoms with Gasteiger partial charge in [0.2, 0.25) is 11.6 Å². The summed E-state index contributed by atoms with van der Waals surface area (Å²) in [5.41, 5.74) is 5.37. The number of hydrogen-bond acceptors (Lipinski definition) is 2. The number of hydrogen-bond donors (Lipinski definition) is 1. The predicted molar refractivity (Wildman–Crippen MR) is 56.8 cm³/mol. The van der Waals surface area contributed by atoms with Crippen molar-refractivity contribution in [3.63, 3.8) is 0 Å². The molecule has 1 atom stereocenters. The molecule has 0 saturated heterocycles. The molecule has 1 heterocycles. The number of nitrogens with two attached hydrogens (primary N) is 1. The van der Waals surface area contributed by atoms with Crippen LogP contribution in [0.4, 0.5) is 0 Å². The molecule has 0 fully saturated rings. The lowest BCUT2D eigenvalue weighted by Crippen LogP contribution is -2.41. The number of carbonyl (C=O) groups is 1. The molecule has 0 radical (unpaired) electrons. The highest BCUT2D eigenvalue weighted by molar-refractivity contribution is 5.81. The van der Waals surface area contributed by atoms with E-state index < -0.39 is 11.8 Å². The van der Waals surface area contributed by atoms with E-state index in [1.165, 1.54) is 6.20 Å². The van der Waals surface area contributed by atoms with Crippen LogP contribution in [0.3, 0.4) is 0 Å². The van der Waals surface area contributed by atoms with Crippen LogP contribution in [0.2, 0.25) is 0 Å². The molecule has 1 unspecified atom stereocenters. The highest BCUT2D eigenvalue weighted by Crippen LogP contribution is 2.32. The summed E-state index contributed by atoms with van der Waals surface area (Å²) in [5, 5.41) is 11.5. The van der Waals surface area contributed by atoms with Crippen LogP contribution in [0.25, 0.3) is 0 Å². The third-order valence-corrected chi connectivity index (χ3v) is 2.30. The summed E-state index contributed by atoms with van der Waals surface area (Å²) < 4.78 is 0.695. The molecule has 1 rings (SSSR count). The maximum atomic E-state index is 11.5. The van der Waals surface area contributed by atoms with Crippen molar-refractivity contribution in [2.45, 2.75) is 26.7 Å². The third-order valence-electron chi connectivity index (χ3n) is 2.30. The highest BCUT2D eigenvalue weighted by Gasteiger charge is 2.36. The van der Waals surface area contributed by atoms with Gasteiger partial charge in [0.05, 0.1) is 0 Å². The van der Waals surface area contributed by atoms with Crippen LogP contribution in [-0.2, 0) is 4.79 Å². The van der Waals surface area contributed by atoms with Crippen molar-refractivity contribution in [1.82, 2.24) is 0 Å². The van der Waals surface area contributed by atoms with Gasteiger partial charge in [-0.15, -0.1) is 0 Å². The minimum atomic E-state index is -0.573. The molecule has 0 aliphatic rings. The lowest BCUT2D eigenvalue weighted by atomic mass is 9.78. The summed E-state index contributed by atoms with van der Waals surface area (Å²) in [6.07, 6.45) is 1.37. The Morgan fingerprint density at radius 3 is 2.47 bits per heavy atom. The average Bonchev–Trinajstić information content (AvgIpc) is 2.05. The lowest BCUT2D eigenvalue weighted by molar-refractivity contribution is -0.615. The zero-order valence-electron chi connectivity index (χ0n) is 9.23. The van der Waals surface area contributed by atoms with Crippen LogP contribution < -0.4 is 10.5 Å². The summed E-state index contributed by atoms with van der Waals surface area (Å²) in [7, 11) is 0. The molecule has 1 aromatic rings. The van der Waals surface area contributed by atoms with Crippen LogP contribution >= 0.6 is 0 Å². The molecule has 1 aromatic heterocycles. The molecule has 4 heteroatoms. The van der Waals surface area contributed by atoms with Crippen molar-refractivity contribution in [1.29, 1.82) is 0 Å². The number of aromatic nitrogens is 1. The van der Waals surface area contributed by atoms with E-state index in [0.717, 1.165) is 0 Å². The van der Waals surface area contributed by atoms with Crippen molar-refractivity contribution in [2.24, 2.45) is 11.1 Å². The lowest BCUT2D eigenvalue weighted by Gasteiger charge is -2.26. The van der Waals surface area contributed by atoms with Crippen LogP contribution in [-0.4, -0.2) is 5.91 Å². The third kappa shape index (κ3) is 2.46. The second-order valence-electron chi connectivity index (χ2n) is 4.65. The Morgan fingerprint density at radius 1 is 1.47 bits per heavy atom. The van der Waals surface area contributed by atoms with Crippen LogP contribution in [0, 0.1) is 10.6 Å². The first-order valence-corrected chi connectivity index (χ1v) is 4.81. The monoisotopic (exact) mass is 208 g/mol. The molecular formula is C11H16N2O2. The van der Waals surface area contributed by atoms with Gasteiger partial charge in [0, 0.05) is 12.1 Å². The molecule has 0 aliphatic carbocycles. The number of primary amides is 1. The maximum Gasteiger partial charge on any atom is 0.231 e. The Balaban J connectivity index is 3.23. The van der Waals surface area contributed by atoms with Gasteiger partial charge in [-0.05, 0) is 11.5 Å². The SMILES string of the molecule is CC(C)(C)C(C(N)=O)c1cccc[n+]1[O-]. The molecule has 0 aromatic carbocycles. The molecule has 0 bridgehead atoms. The first-order valence-electron chi connectivity index (χ1n) is 4.81. The smallest absolute Gasteiger partial charge is 0.231 e. The second-order valence-corrected chi connectivity index (χ2v) is 4.65. The summed E-state index contributed by atoms with van der Waals surface area (Å²) in [5.74, 6) is -1.05. The van der Waals surface area contributed by atoms with Gasteiger partial charge in [-0.25, -0.2) is 0 Å². The average molecular weight is 208 g/mol. The van der Waals surface area contributed by atoms with E-state index in [4.69, 9.17) is 5.73 Å². The van der Waals surface area contributed by atoms with Gasteiger partial charge in [0.25, 0.3) is 0 Å². The fraction of sp³-hybridized carbons (Fsp3) is 0.455. The molecule has 0 aliphatic heterocycles. The normalized spacial score (nSPS) is 13.5. The maximum absolute atomic E-state index is 11.5. The Bertz CT molecular complexity index is 369. The fourth-order valence-electron chi connectivity index (χ4n) is 1.68. The highest BCUT2D eigenvalue weighted by atomic mass is 16.5. The summed E-state index contributed by atoms with van der Waals surface area (Å²) in [6.45, 7) is 5.65. The molecule has 0 spiro atoms. The zero-order chi connectivity index (χ0) is 11.6. The van der Waals surface area contributed by atoms with Crippen molar-refractivity contribution in [3.05, 3.63) is 35.3 Å². The largest absolute Gasteiger partial charge is 0.618 e. The zero-order valence-corrected chi connectivity index (χ0v) is 9.23. The minimum absolute atomic E-state index is 0.362. The summed E-state index contributed by atoms with van der Waals surface area (Å²) >= 11 is 0. The molecular weight excluding hydrogens is 192 g/mol. The molecule has 0 saturated carbocycles. The number of pyridine rings is 1. The summed E-state index contributed by atoms with van der Waals surface area (Å²) in [4.78, 5) is 11.4. The Labute approximate surface area is 89.3 Å². The quantitative estimate of drug-likeness (QED) is 0.580. The molecule has 82 valence electrons. The van der Waals surface area contributed by atoms with Crippen molar-refractivity contribution >= 4 is 5.91 Å². The van der Waals surface area contributed by atoms with Gasteiger partial charge in [0.15, 0.2) is 6.20 Å². The van der Waals surface area contributed by atoms with E-state index in [1.54, 1.807) is 18.2 Å². The number of rotatable bonds is 2. The van der Waals surface area contributed by atoms with Crippen LogP contribution in [0.1, 0.15) is 32.4 Å². The number of amides is 1. The summed E-state index contributed by atoms with van der Waals surface area (Å²) in [6, 6.07) is 4.98. The van der Waals surface area contributed by atoms with Crippen LogP contribution in [0.15, 0.2) is 24.4 Å². The van der Waals surface area contributed by atoms with Gasteiger partial charge in [-0.2, -0.15) is 4.73 Å². The van der Waals surface area contributed by atoms with E-state index in [0.29, 0.717) is 10.4 Å². The molecule has 1 amide bonds. The first-order chi connectivity index (χ1) is 6.84. The van der Waals surface area contributed by atoms with E-state index in [9.17, 15) is 10.0 Å². The Kier molecular flexibility index (Phi) is 2.98. The fourth-order valence-corrected chi connectivity index (χ4v) is 1.68. The van der Waals surface area contributed by atoms with Crippen molar-refractivity contribution in [3.8, 4) is 0 Å². The van der Waals surface area contributed by atoms with E-state index in [-0.39, 0.29) is 5.41 Å². The molecule has 15 heavy (non-hydrogen) atoms. The van der Waals surface area contributed by atoms with Gasteiger partial charge >= 0.3 is 0 Å². The number of carbonyl (C=O) groups excluding carboxylic acids is 1. The second kappa shape index (κ2) is 3.88. The van der Waals surface area contributed by atoms with Crippen LogP contribution in [0.5, 0.6) is 0 Å². The van der Waals surface area contributed by atoms with Crippen molar-refractivity contribution < 1.29 is 9.52 Å². The molecule has 4 nitrogen and oxygen atoms in total. The standard InChI is InChI=1S/C11H16N2O2/c1-11(2,3)9(10(12)14)8-6-4-5-7-13(8)15/h4-7,9H,1-3H3,(H2,12,14). The molecule has 2 N–H and O–H groups in total. The van der Waals surface area contributed by atoms with E-state index >= 15 is 0 Å². The minimum Gasteiger partial charge on any atom is -0.618 e. The Morgan fingerprint density at radius 2 is 2.07 bits per heavy atom. The van der Waals surface area contributed by atoms with Gasteiger partial charge in [-0.1, -0.05) is 20.8 Å². The Hall–Kier alpha value is -1.58. The number of nitrogens with zero attached hydrogens (tertiary/aromatic N) is 1. The van der Waals surface area contributed by atoms with Gasteiger partial charge in [0.1, 0.15) is 5.92 Å². The van der Waals surface area contributed by atoms with Gasteiger partial charge in [-0.3, -0.25) is 4.79 Å². The first kappa shape index (κ1) is 11.5. The van der Waals surface area contributed by atoms with Crippen molar-refractivity contribution in [2.75, 3.05) is 0 Å².